The standard InChI is InChI=1S/C19H28N4O/c1-20-19(21-12-10-18(24)22-17-8-4-5-9-17)23-13-11-15-6-2-3-7-16(15)14-23/h2-3,6-7,17H,4-5,8-14H2,1H3,(H,20,21)(H,22,24). The Morgan fingerprint density at radius 1 is 1.25 bits per heavy atom. The van der Waals surface area contributed by atoms with Crippen molar-refractivity contribution in [3.05, 3.63) is 35.4 Å². The van der Waals surface area contributed by atoms with Gasteiger partial charge < -0.3 is 15.5 Å². The van der Waals surface area contributed by atoms with Gasteiger partial charge in [-0.25, -0.2) is 0 Å². The molecular weight excluding hydrogens is 300 g/mol. The number of aliphatic imine (C=N–C) groups is 1. The van der Waals surface area contributed by atoms with Crippen LogP contribution in [0.2, 0.25) is 0 Å². The number of benzene rings is 1. The second-order valence-corrected chi connectivity index (χ2v) is 6.71. The SMILES string of the molecule is CN=C(NCCC(=O)NC1CCCC1)N1CCc2ccccc2C1. The Morgan fingerprint density at radius 2 is 2.00 bits per heavy atom. The van der Waals surface area contributed by atoms with Crippen LogP contribution in [0.3, 0.4) is 0 Å². The first kappa shape index (κ1) is 16.8. The van der Waals surface area contributed by atoms with Crippen LogP contribution >= 0.6 is 0 Å². The van der Waals surface area contributed by atoms with Crippen LogP contribution in [0.5, 0.6) is 0 Å². The first-order chi connectivity index (χ1) is 11.8. The predicted octanol–water partition coefficient (Wildman–Crippen LogP) is 2.07. The van der Waals surface area contributed by atoms with Gasteiger partial charge in [0.25, 0.3) is 0 Å². The molecule has 0 radical (unpaired) electrons. The molecule has 1 aromatic carbocycles. The van der Waals surface area contributed by atoms with E-state index in [1.807, 2.05) is 0 Å². The van der Waals surface area contributed by atoms with Crippen LogP contribution in [0.25, 0.3) is 0 Å². The maximum atomic E-state index is 12.0. The molecule has 0 atom stereocenters. The van der Waals surface area contributed by atoms with E-state index in [9.17, 15) is 4.79 Å². The van der Waals surface area contributed by atoms with E-state index >= 15 is 0 Å². The summed E-state index contributed by atoms with van der Waals surface area (Å²) in [6, 6.07) is 8.98. The fourth-order valence-corrected chi connectivity index (χ4v) is 3.67. The summed E-state index contributed by atoms with van der Waals surface area (Å²) in [6.07, 6.45) is 6.29. The van der Waals surface area contributed by atoms with E-state index in [0.29, 0.717) is 19.0 Å². The van der Waals surface area contributed by atoms with E-state index in [2.05, 4.69) is 44.8 Å². The molecule has 1 heterocycles. The van der Waals surface area contributed by atoms with Crippen LogP contribution < -0.4 is 10.6 Å². The molecule has 5 nitrogen and oxygen atoms in total. The molecule has 0 saturated heterocycles. The number of fused-ring (bicyclic) bond motifs is 1. The molecule has 1 aliphatic carbocycles. The van der Waals surface area contributed by atoms with Crippen LogP contribution in [0.1, 0.15) is 43.2 Å². The summed E-state index contributed by atoms with van der Waals surface area (Å²) in [6.45, 7) is 2.47. The fourth-order valence-electron chi connectivity index (χ4n) is 3.67. The highest BCUT2D eigenvalue weighted by Crippen LogP contribution is 2.19. The number of nitrogens with one attached hydrogen (secondary N) is 2. The maximum Gasteiger partial charge on any atom is 0.221 e. The van der Waals surface area contributed by atoms with E-state index < -0.39 is 0 Å². The molecule has 24 heavy (non-hydrogen) atoms. The second-order valence-electron chi connectivity index (χ2n) is 6.71. The van der Waals surface area contributed by atoms with Crippen molar-refractivity contribution in [3.8, 4) is 0 Å². The molecule has 1 fully saturated rings. The third-order valence-electron chi connectivity index (χ3n) is 5.00. The average molecular weight is 328 g/mol. The predicted molar refractivity (Wildman–Crippen MR) is 96.9 cm³/mol. The lowest BCUT2D eigenvalue weighted by molar-refractivity contribution is -0.121. The lowest BCUT2D eigenvalue weighted by Crippen LogP contribution is -2.45. The summed E-state index contributed by atoms with van der Waals surface area (Å²) in [5, 5.41) is 6.47. The molecule has 1 aromatic rings. The van der Waals surface area contributed by atoms with Gasteiger partial charge >= 0.3 is 0 Å². The van der Waals surface area contributed by atoms with Gasteiger partial charge in [-0.3, -0.25) is 9.79 Å². The summed E-state index contributed by atoms with van der Waals surface area (Å²) in [4.78, 5) is 18.6. The molecule has 1 amide bonds. The lowest BCUT2D eigenvalue weighted by atomic mass is 10.0. The van der Waals surface area contributed by atoms with E-state index in [0.717, 1.165) is 38.3 Å². The molecule has 0 spiro atoms. The number of rotatable bonds is 4. The molecule has 0 unspecified atom stereocenters. The van der Waals surface area contributed by atoms with Gasteiger partial charge in [0.1, 0.15) is 0 Å². The van der Waals surface area contributed by atoms with Gasteiger partial charge in [0.05, 0.1) is 0 Å². The smallest absolute Gasteiger partial charge is 0.221 e. The van der Waals surface area contributed by atoms with E-state index in [-0.39, 0.29) is 5.91 Å². The summed E-state index contributed by atoms with van der Waals surface area (Å²) >= 11 is 0. The highest BCUT2D eigenvalue weighted by molar-refractivity contribution is 5.81. The first-order valence-electron chi connectivity index (χ1n) is 9.08. The number of guanidine groups is 1. The number of carbonyl (C=O) groups is 1. The van der Waals surface area contributed by atoms with E-state index in [1.165, 1.54) is 24.0 Å². The minimum Gasteiger partial charge on any atom is -0.356 e. The van der Waals surface area contributed by atoms with E-state index in [1.54, 1.807) is 7.05 Å². The molecule has 0 bridgehead atoms. The number of hydrogen-bond acceptors (Lipinski definition) is 2. The molecule has 3 rings (SSSR count). The Kier molecular flexibility index (Phi) is 5.72. The highest BCUT2D eigenvalue weighted by Gasteiger charge is 2.19. The summed E-state index contributed by atoms with van der Waals surface area (Å²) in [5.74, 6) is 1.03. The lowest BCUT2D eigenvalue weighted by Gasteiger charge is -2.31. The molecule has 2 aliphatic rings. The zero-order valence-electron chi connectivity index (χ0n) is 14.6. The molecular formula is C19H28N4O. The van der Waals surface area contributed by atoms with Gasteiger partial charge in [-0.1, -0.05) is 37.1 Å². The quantitative estimate of drug-likeness (QED) is 0.657. The Morgan fingerprint density at radius 3 is 2.75 bits per heavy atom. The molecule has 130 valence electrons. The van der Waals surface area contributed by atoms with Gasteiger partial charge in [0.2, 0.25) is 5.91 Å². The van der Waals surface area contributed by atoms with Gasteiger partial charge in [-0.2, -0.15) is 0 Å². The molecule has 0 aromatic heterocycles. The third kappa shape index (κ3) is 4.28. The van der Waals surface area contributed by atoms with Crippen molar-refractivity contribution < 1.29 is 4.79 Å². The number of amides is 1. The van der Waals surface area contributed by atoms with Crippen molar-refractivity contribution in [3.63, 3.8) is 0 Å². The maximum absolute atomic E-state index is 12.0. The van der Waals surface area contributed by atoms with Crippen molar-refractivity contribution in [2.45, 2.75) is 51.1 Å². The highest BCUT2D eigenvalue weighted by atomic mass is 16.1. The van der Waals surface area contributed by atoms with Gasteiger partial charge in [0.15, 0.2) is 5.96 Å². The van der Waals surface area contributed by atoms with Gasteiger partial charge in [-0.05, 0) is 30.4 Å². The first-order valence-corrected chi connectivity index (χ1v) is 9.08. The zero-order valence-corrected chi connectivity index (χ0v) is 14.6. The number of nitrogens with zero attached hydrogens (tertiary/aromatic N) is 2. The molecule has 2 N–H and O–H groups in total. The molecule has 1 aliphatic heterocycles. The van der Waals surface area contributed by atoms with Gasteiger partial charge in [0, 0.05) is 39.1 Å². The Bertz CT molecular complexity index is 593. The van der Waals surface area contributed by atoms with Crippen molar-refractivity contribution in [2.24, 2.45) is 4.99 Å². The Labute approximate surface area is 144 Å². The van der Waals surface area contributed by atoms with Crippen LogP contribution in [-0.2, 0) is 17.8 Å². The van der Waals surface area contributed by atoms with Crippen LogP contribution in [0.4, 0.5) is 0 Å². The van der Waals surface area contributed by atoms with Crippen molar-refractivity contribution >= 4 is 11.9 Å². The van der Waals surface area contributed by atoms with Crippen LogP contribution in [0, 0.1) is 0 Å². The van der Waals surface area contributed by atoms with Crippen LogP contribution in [0.15, 0.2) is 29.3 Å². The minimum atomic E-state index is 0.147. The second kappa shape index (κ2) is 8.18. The number of carbonyl (C=O) groups excluding carboxylic acids is 1. The van der Waals surface area contributed by atoms with Gasteiger partial charge in [-0.15, -0.1) is 0 Å². The molecule has 5 heteroatoms. The summed E-state index contributed by atoms with van der Waals surface area (Å²) < 4.78 is 0. The minimum absolute atomic E-state index is 0.147. The van der Waals surface area contributed by atoms with Crippen LogP contribution in [-0.4, -0.2) is 42.9 Å². The Hall–Kier alpha value is -2.04. The van der Waals surface area contributed by atoms with Crippen molar-refractivity contribution in [1.82, 2.24) is 15.5 Å². The monoisotopic (exact) mass is 328 g/mol. The fraction of sp³-hybridized carbons (Fsp3) is 0.579. The van der Waals surface area contributed by atoms with E-state index in [4.69, 9.17) is 0 Å². The Balaban J connectivity index is 1.44. The topological polar surface area (TPSA) is 56.7 Å². The summed E-state index contributed by atoms with van der Waals surface area (Å²) in [5.41, 5.74) is 2.80. The van der Waals surface area contributed by atoms with Crippen molar-refractivity contribution in [2.75, 3.05) is 20.1 Å². The molecule has 1 saturated carbocycles. The normalized spacial score (nSPS) is 18.4. The summed E-state index contributed by atoms with van der Waals surface area (Å²) in [7, 11) is 1.81. The number of hydrogen-bond donors (Lipinski definition) is 2. The largest absolute Gasteiger partial charge is 0.356 e. The average Bonchev–Trinajstić information content (AvgIpc) is 3.11. The third-order valence-corrected chi connectivity index (χ3v) is 5.00. The zero-order chi connectivity index (χ0) is 16.8. The van der Waals surface area contributed by atoms with Crippen molar-refractivity contribution in [1.29, 1.82) is 0 Å².